The minimum atomic E-state index is 0.152. The topological polar surface area (TPSA) is 60.2 Å². The predicted octanol–water partition coefficient (Wildman–Crippen LogP) is 2.91. The zero-order valence-electron chi connectivity index (χ0n) is 11.6. The normalized spacial score (nSPS) is 31.5. The third kappa shape index (κ3) is 2.15. The molecule has 3 N–H and O–H groups in total. The number of hydrogen-bond donors (Lipinski definition) is 2. The van der Waals surface area contributed by atoms with Gasteiger partial charge in [0.2, 0.25) is 0 Å². The van der Waals surface area contributed by atoms with Gasteiger partial charge in [-0.1, -0.05) is 28.1 Å². The summed E-state index contributed by atoms with van der Waals surface area (Å²) in [6, 6.07) is 8.48. The van der Waals surface area contributed by atoms with Crippen LogP contribution in [-0.4, -0.2) is 29.8 Å². The molecule has 4 atom stereocenters. The molecule has 2 fully saturated rings. The van der Waals surface area contributed by atoms with Gasteiger partial charge < -0.3 is 15.8 Å². The maximum Gasteiger partial charge on any atom is 0.134 e. The molecule has 2 aliphatic rings. The Balaban J connectivity index is 1.64. The van der Waals surface area contributed by atoms with Gasteiger partial charge in [-0.2, -0.15) is 0 Å². The minimum Gasteiger partial charge on any atom is -0.376 e. The van der Waals surface area contributed by atoms with Crippen molar-refractivity contribution in [3.63, 3.8) is 0 Å². The highest BCUT2D eigenvalue weighted by Crippen LogP contribution is 2.39. The molecule has 1 saturated heterocycles. The first-order chi connectivity index (χ1) is 10.3. The fourth-order valence-electron chi connectivity index (χ4n) is 3.57. The molecule has 5 heteroatoms. The van der Waals surface area contributed by atoms with Crippen LogP contribution < -0.4 is 11.1 Å². The van der Waals surface area contributed by atoms with E-state index in [1.807, 2.05) is 24.4 Å². The molecule has 1 aliphatic heterocycles. The maximum atomic E-state index is 6.32. The van der Waals surface area contributed by atoms with Gasteiger partial charge in [0.15, 0.2) is 0 Å². The zero-order chi connectivity index (χ0) is 14.4. The van der Waals surface area contributed by atoms with E-state index in [-0.39, 0.29) is 18.2 Å². The Morgan fingerprint density at radius 2 is 2.19 bits per heavy atom. The van der Waals surface area contributed by atoms with Crippen LogP contribution in [0.25, 0.3) is 10.8 Å². The Hall–Kier alpha value is -1.17. The Morgan fingerprint density at radius 3 is 3.10 bits per heavy atom. The van der Waals surface area contributed by atoms with E-state index >= 15 is 0 Å². The molecule has 21 heavy (non-hydrogen) atoms. The molecule has 1 aromatic heterocycles. The Kier molecular flexibility index (Phi) is 3.36. The van der Waals surface area contributed by atoms with Gasteiger partial charge in [0, 0.05) is 40.0 Å². The quantitative estimate of drug-likeness (QED) is 0.876. The molecule has 0 bridgehead atoms. The molecular formula is C16H18BrN3O. The summed E-state index contributed by atoms with van der Waals surface area (Å²) in [6.45, 7) is 0.848. The maximum absolute atomic E-state index is 6.32. The number of aromatic nitrogens is 1. The highest BCUT2D eigenvalue weighted by atomic mass is 79.9. The van der Waals surface area contributed by atoms with Gasteiger partial charge >= 0.3 is 0 Å². The van der Waals surface area contributed by atoms with Gasteiger partial charge in [0.1, 0.15) is 5.82 Å². The number of pyridine rings is 1. The van der Waals surface area contributed by atoms with Crippen molar-refractivity contribution in [1.82, 2.24) is 4.98 Å². The second-order valence-electron chi connectivity index (χ2n) is 5.88. The van der Waals surface area contributed by atoms with E-state index < -0.39 is 0 Å². The summed E-state index contributed by atoms with van der Waals surface area (Å²) in [5, 5.41) is 5.78. The van der Waals surface area contributed by atoms with E-state index in [9.17, 15) is 0 Å². The average Bonchev–Trinajstić information content (AvgIpc) is 2.53. The number of benzene rings is 1. The molecule has 0 amide bonds. The van der Waals surface area contributed by atoms with Crippen LogP contribution in [0.15, 0.2) is 34.9 Å². The van der Waals surface area contributed by atoms with Crippen LogP contribution >= 0.6 is 15.9 Å². The van der Waals surface area contributed by atoms with Crippen LogP contribution in [0.4, 0.5) is 5.82 Å². The number of nitrogens with zero attached hydrogens (tertiary/aromatic N) is 1. The summed E-state index contributed by atoms with van der Waals surface area (Å²) in [7, 11) is 0. The number of rotatable bonds is 2. The first kappa shape index (κ1) is 13.5. The third-order valence-electron chi connectivity index (χ3n) is 4.73. The van der Waals surface area contributed by atoms with Crippen molar-refractivity contribution in [3.8, 4) is 0 Å². The fourth-order valence-corrected chi connectivity index (χ4v) is 4.07. The van der Waals surface area contributed by atoms with Crippen LogP contribution in [0.1, 0.15) is 12.8 Å². The van der Waals surface area contributed by atoms with E-state index in [2.05, 4.69) is 32.3 Å². The van der Waals surface area contributed by atoms with Gasteiger partial charge in [-0.05, 0) is 25.0 Å². The molecule has 110 valence electrons. The first-order valence-electron chi connectivity index (χ1n) is 7.42. The Bertz CT molecular complexity index is 678. The van der Waals surface area contributed by atoms with E-state index in [4.69, 9.17) is 10.5 Å². The second-order valence-corrected chi connectivity index (χ2v) is 6.74. The second kappa shape index (κ2) is 5.23. The smallest absolute Gasteiger partial charge is 0.134 e. The molecule has 0 radical (unpaired) electrons. The minimum absolute atomic E-state index is 0.152. The summed E-state index contributed by atoms with van der Waals surface area (Å²) in [4.78, 5) is 4.50. The molecule has 4 nitrogen and oxygen atoms in total. The van der Waals surface area contributed by atoms with Crippen molar-refractivity contribution < 1.29 is 4.74 Å². The van der Waals surface area contributed by atoms with E-state index in [0.29, 0.717) is 5.92 Å². The molecule has 1 saturated carbocycles. The Labute approximate surface area is 132 Å². The third-order valence-corrected chi connectivity index (χ3v) is 5.42. The molecule has 4 rings (SSSR count). The molecule has 1 aromatic carbocycles. The molecule has 4 unspecified atom stereocenters. The lowest BCUT2D eigenvalue weighted by Crippen LogP contribution is -2.69. The van der Waals surface area contributed by atoms with Crippen molar-refractivity contribution in [2.75, 3.05) is 11.9 Å². The van der Waals surface area contributed by atoms with E-state index in [1.54, 1.807) is 0 Å². The average molecular weight is 348 g/mol. The van der Waals surface area contributed by atoms with Crippen LogP contribution in [-0.2, 0) is 4.74 Å². The van der Waals surface area contributed by atoms with Gasteiger partial charge in [-0.15, -0.1) is 0 Å². The van der Waals surface area contributed by atoms with Crippen molar-refractivity contribution in [2.45, 2.75) is 31.0 Å². The predicted molar refractivity (Wildman–Crippen MR) is 87.3 cm³/mol. The summed E-state index contributed by atoms with van der Waals surface area (Å²) in [6.07, 6.45) is 4.37. The number of halogens is 1. The number of nitrogens with two attached hydrogens (primary N) is 1. The van der Waals surface area contributed by atoms with Crippen LogP contribution in [0, 0.1) is 5.92 Å². The lowest BCUT2D eigenvalue weighted by molar-refractivity contribution is -0.104. The first-order valence-corrected chi connectivity index (χ1v) is 8.22. The highest BCUT2D eigenvalue weighted by Gasteiger charge is 2.50. The van der Waals surface area contributed by atoms with Crippen LogP contribution in [0.3, 0.4) is 0 Å². The zero-order valence-corrected chi connectivity index (χ0v) is 13.2. The van der Waals surface area contributed by atoms with Gasteiger partial charge in [0.05, 0.1) is 12.1 Å². The fraction of sp³-hybridized carbons (Fsp3) is 0.438. The number of anilines is 1. The number of fused-ring (bicyclic) bond motifs is 2. The van der Waals surface area contributed by atoms with Crippen molar-refractivity contribution in [1.29, 1.82) is 0 Å². The highest BCUT2D eigenvalue weighted by molar-refractivity contribution is 9.10. The molecule has 2 heterocycles. The van der Waals surface area contributed by atoms with E-state index in [1.165, 1.54) is 6.42 Å². The molecule has 1 aliphatic carbocycles. The number of hydrogen-bond acceptors (Lipinski definition) is 4. The van der Waals surface area contributed by atoms with E-state index in [0.717, 1.165) is 34.1 Å². The molecule has 0 spiro atoms. The SMILES string of the molecule is NC1C2CCCOC2C1Nc1nccc2c(Br)cccc12. The summed E-state index contributed by atoms with van der Waals surface area (Å²) in [5.74, 6) is 1.39. The standard InChI is InChI=1S/C16H18BrN3O/c17-12-5-1-3-10-9(12)6-7-19-16(10)20-14-13(18)11-4-2-8-21-15(11)14/h1,3,5-7,11,13-15H,2,4,8,18H2,(H,19,20). The Morgan fingerprint density at radius 1 is 1.29 bits per heavy atom. The monoisotopic (exact) mass is 347 g/mol. The van der Waals surface area contributed by atoms with Crippen molar-refractivity contribution >= 4 is 32.5 Å². The lowest BCUT2D eigenvalue weighted by Gasteiger charge is -2.52. The van der Waals surface area contributed by atoms with Gasteiger partial charge in [-0.3, -0.25) is 0 Å². The van der Waals surface area contributed by atoms with Crippen molar-refractivity contribution in [3.05, 3.63) is 34.9 Å². The summed E-state index contributed by atoms with van der Waals surface area (Å²) in [5.41, 5.74) is 6.32. The van der Waals surface area contributed by atoms with Crippen molar-refractivity contribution in [2.24, 2.45) is 11.7 Å². The van der Waals surface area contributed by atoms with Crippen LogP contribution in [0.2, 0.25) is 0 Å². The van der Waals surface area contributed by atoms with Gasteiger partial charge in [-0.25, -0.2) is 4.98 Å². The largest absolute Gasteiger partial charge is 0.376 e. The van der Waals surface area contributed by atoms with Crippen LogP contribution in [0.5, 0.6) is 0 Å². The molecular weight excluding hydrogens is 330 g/mol. The lowest BCUT2D eigenvalue weighted by atomic mass is 9.68. The summed E-state index contributed by atoms with van der Waals surface area (Å²) >= 11 is 3.59. The van der Waals surface area contributed by atoms with Gasteiger partial charge in [0.25, 0.3) is 0 Å². The summed E-state index contributed by atoms with van der Waals surface area (Å²) < 4.78 is 6.97. The number of nitrogens with one attached hydrogen (secondary N) is 1. The molecule has 2 aromatic rings. The number of ether oxygens (including phenoxy) is 1.